The van der Waals surface area contributed by atoms with Crippen molar-refractivity contribution in [2.24, 2.45) is 0 Å². The first kappa shape index (κ1) is 17.0. The minimum Gasteiger partial charge on any atom is -0.346 e. The largest absolute Gasteiger partial charge is 0.346 e. The molecule has 0 radical (unpaired) electrons. The minimum absolute atomic E-state index is 0.117. The summed E-state index contributed by atoms with van der Waals surface area (Å²) in [5, 5.41) is 24.5. The van der Waals surface area contributed by atoms with Crippen LogP contribution in [-0.2, 0) is 6.54 Å². The van der Waals surface area contributed by atoms with E-state index in [0.717, 1.165) is 35.2 Å². The fraction of sp³-hybridized carbons (Fsp3) is 0.125. The Morgan fingerprint density at radius 1 is 1.15 bits per heavy atom. The molecule has 10 heteroatoms. The second-order valence-corrected chi connectivity index (χ2v) is 5.51. The van der Waals surface area contributed by atoms with Crippen LogP contribution in [0.4, 0.5) is 11.4 Å². The smallest absolute Gasteiger partial charge is 0.277 e. The lowest BCUT2D eigenvalue weighted by atomic mass is 10.1. The Morgan fingerprint density at radius 3 is 2.42 bits per heavy atom. The average Bonchev–Trinajstić information content (AvgIpc) is 2.94. The van der Waals surface area contributed by atoms with Gasteiger partial charge in [0, 0.05) is 18.3 Å². The summed E-state index contributed by atoms with van der Waals surface area (Å²) >= 11 is 0. The Morgan fingerprint density at radius 2 is 1.81 bits per heavy atom. The maximum absolute atomic E-state index is 12.4. The van der Waals surface area contributed by atoms with Gasteiger partial charge in [0.2, 0.25) is 0 Å². The zero-order valence-electron chi connectivity index (χ0n) is 13.6. The summed E-state index contributed by atoms with van der Waals surface area (Å²) < 4.78 is 1.81. The van der Waals surface area contributed by atoms with Crippen molar-refractivity contribution in [3.63, 3.8) is 0 Å². The number of imidazole rings is 1. The summed E-state index contributed by atoms with van der Waals surface area (Å²) in [5.41, 5.74) is 0.999. The highest BCUT2D eigenvalue weighted by Crippen LogP contribution is 2.22. The number of hydrogen-bond donors (Lipinski definition) is 1. The second-order valence-electron chi connectivity index (χ2n) is 5.51. The average molecular weight is 355 g/mol. The van der Waals surface area contributed by atoms with E-state index < -0.39 is 27.1 Å². The predicted octanol–water partition coefficient (Wildman–Crippen LogP) is 2.39. The number of nitrogens with one attached hydrogen (secondary N) is 1. The molecule has 10 nitrogen and oxygen atoms in total. The number of non-ortho nitro benzene ring substituents is 2. The van der Waals surface area contributed by atoms with Crippen molar-refractivity contribution in [3.05, 3.63) is 79.8 Å². The van der Waals surface area contributed by atoms with Gasteiger partial charge in [0.1, 0.15) is 5.65 Å². The minimum atomic E-state index is -0.779. The molecule has 1 aromatic carbocycles. The highest BCUT2D eigenvalue weighted by molar-refractivity contribution is 5.95. The summed E-state index contributed by atoms with van der Waals surface area (Å²) in [7, 11) is 0. The van der Waals surface area contributed by atoms with Crippen molar-refractivity contribution in [3.8, 4) is 0 Å². The van der Waals surface area contributed by atoms with Crippen LogP contribution < -0.4 is 5.32 Å². The summed E-state index contributed by atoms with van der Waals surface area (Å²) in [4.78, 5) is 37.0. The Labute approximate surface area is 146 Å². The molecule has 3 rings (SSSR count). The number of nitro groups is 2. The molecule has 132 valence electrons. The number of nitro benzene ring substituents is 2. The Bertz CT molecular complexity index is 1010. The number of aryl methyl sites for hydroxylation is 1. The van der Waals surface area contributed by atoms with E-state index in [-0.39, 0.29) is 12.1 Å². The number of amides is 1. The number of aromatic nitrogens is 2. The SMILES string of the molecule is Cc1nc2ccccn2c1CNC(=O)c1cc([N+](=O)[O-])cc([N+](=O)[O-])c1. The van der Waals surface area contributed by atoms with Crippen LogP contribution in [-0.4, -0.2) is 25.1 Å². The van der Waals surface area contributed by atoms with E-state index >= 15 is 0 Å². The van der Waals surface area contributed by atoms with Gasteiger partial charge in [0.05, 0.1) is 39.4 Å². The molecule has 26 heavy (non-hydrogen) atoms. The number of benzene rings is 1. The van der Waals surface area contributed by atoms with Gasteiger partial charge >= 0.3 is 0 Å². The molecule has 0 aliphatic carbocycles. The van der Waals surface area contributed by atoms with Crippen molar-refractivity contribution < 1.29 is 14.6 Å². The van der Waals surface area contributed by atoms with E-state index in [0.29, 0.717) is 0 Å². The van der Waals surface area contributed by atoms with E-state index in [1.165, 1.54) is 0 Å². The first-order valence-electron chi connectivity index (χ1n) is 7.51. The van der Waals surface area contributed by atoms with Crippen LogP contribution in [0.3, 0.4) is 0 Å². The molecule has 2 aromatic heterocycles. The molecular formula is C16H13N5O5. The third-order valence-electron chi connectivity index (χ3n) is 3.83. The number of carbonyl (C=O) groups is 1. The monoisotopic (exact) mass is 355 g/mol. The van der Waals surface area contributed by atoms with Gasteiger partial charge in [-0.1, -0.05) is 6.07 Å². The number of nitrogens with zero attached hydrogens (tertiary/aromatic N) is 4. The lowest BCUT2D eigenvalue weighted by molar-refractivity contribution is -0.394. The van der Waals surface area contributed by atoms with Crippen molar-refractivity contribution in [1.82, 2.24) is 14.7 Å². The number of pyridine rings is 1. The van der Waals surface area contributed by atoms with Crippen molar-refractivity contribution in [1.29, 1.82) is 0 Å². The molecule has 1 N–H and O–H groups in total. The highest BCUT2D eigenvalue weighted by atomic mass is 16.6. The third-order valence-corrected chi connectivity index (χ3v) is 3.83. The highest BCUT2D eigenvalue weighted by Gasteiger charge is 2.20. The number of rotatable bonds is 5. The maximum Gasteiger partial charge on any atom is 0.277 e. The molecule has 3 aromatic rings. The van der Waals surface area contributed by atoms with Crippen molar-refractivity contribution in [2.45, 2.75) is 13.5 Å². The number of hydrogen-bond acceptors (Lipinski definition) is 6. The van der Waals surface area contributed by atoms with Gasteiger partial charge in [-0.05, 0) is 19.1 Å². The molecule has 2 heterocycles. The van der Waals surface area contributed by atoms with Gasteiger partial charge < -0.3 is 9.72 Å². The normalized spacial score (nSPS) is 10.7. The molecule has 0 saturated carbocycles. The quantitative estimate of drug-likeness (QED) is 0.552. The zero-order chi connectivity index (χ0) is 18.8. The Balaban J connectivity index is 1.87. The molecule has 0 saturated heterocycles. The van der Waals surface area contributed by atoms with Crippen LogP contribution >= 0.6 is 0 Å². The van der Waals surface area contributed by atoms with Crippen LogP contribution in [0.1, 0.15) is 21.7 Å². The predicted molar refractivity (Wildman–Crippen MR) is 90.9 cm³/mol. The van der Waals surface area contributed by atoms with Gasteiger partial charge in [0.25, 0.3) is 17.3 Å². The van der Waals surface area contributed by atoms with Crippen molar-refractivity contribution in [2.75, 3.05) is 0 Å². The van der Waals surface area contributed by atoms with Crippen LogP contribution in [0.2, 0.25) is 0 Å². The lowest BCUT2D eigenvalue weighted by Gasteiger charge is -2.06. The summed E-state index contributed by atoms with van der Waals surface area (Å²) in [6, 6.07) is 8.30. The number of fused-ring (bicyclic) bond motifs is 1. The molecule has 0 bridgehead atoms. The molecule has 1 amide bonds. The van der Waals surface area contributed by atoms with E-state index in [2.05, 4.69) is 10.3 Å². The van der Waals surface area contributed by atoms with Crippen LogP contribution in [0.5, 0.6) is 0 Å². The first-order valence-corrected chi connectivity index (χ1v) is 7.51. The molecule has 0 aliphatic heterocycles. The van der Waals surface area contributed by atoms with Crippen LogP contribution in [0.15, 0.2) is 42.6 Å². The summed E-state index contributed by atoms with van der Waals surface area (Å²) in [6.07, 6.45) is 1.80. The molecule has 0 aliphatic rings. The lowest BCUT2D eigenvalue weighted by Crippen LogP contribution is -2.24. The van der Waals surface area contributed by atoms with Gasteiger partial charge in [0.15, 0.2) is 0 Å². The van der Waals surface area contributed by atoms with Crippen molar-refractivity contribution >= 4 is 22.9 Å². The first-order chi connectivity index (χ1) is 12.4. The van der Waals surface area contributed by atoms with Gasteiger partial charge in [-0.3, -0.25) is 25.0 Å². The fourth-order valence-electron chi connectivity index (χ4n) is 2.58. The zero-order valence-corrected chi connectivity index (χ0v) is 13.6. The summed E-state index contributed by atoms with van der Waals surface area (Å²) in [6.45, 7) is 1.92. The number of carbonyl (C=O) groups excluding carboxylic acids is 1. The molecule has 0 unspecified atom stereocenters. The maximum atomic E-state index is 12.4. The van der Waals surface area contributed by atoms with Crippen LogP contribution in [0.25, 0.3) is 5.65 Å². The topological polar surface area (TPSA) is 133 Å². The van der Waals surface area contributed by atoms with Gasteiger partial charge in [-0.2, -0.15) is 0 Å². The van der Waals surface area contributed by atoms with Gasteiger partial charge in [-0.15, -0.1) is 0 Å². The molecule has 0 spiro atoms. The van der Waals surface area contributed by atoms with Crippen LogP contribution in [0, 0.1) is 27.2 Å². The van der Waals surface area contributed by atoms with E-state index in [1.807, 2.05) is 22.6 Å². The standard InChI is InChI=1S/C16H13N5O5/c1-10-14(19-5-3-2-4-15(19)18-10)9-17-16(22)11-6-12(20(23)24)8-13(7-11)21(25)26/h2-8H,9H2,1H3,(H,17,22). The van der Waals surface area contributed by atoms with E-state index in [1.54, 1.807) is 13.1 Å². The third kappa shape index (κ3) is 3.20. The molecule has 0 fully saturated rings. The van der Waals surface area contributed by atoms with Gasteiger partial charge in [-0.25, -0.2) is 4.98 Å². The van der Waals surface area contributed by atoms with E-state index in [9.17, 15) is 25.0 Å². The molecule has 0 atom stereocenters. The van der Waals surface area contributed by atoms with E-state index in [4.69, 9.17) is 0 Å². The Kier molecular flexibility index (Phi) is 4.31. The fourth-order valence-corrected chi connectivity index (χ4v) is 2.58. The Hall–Kier alpha value is -3.82. The summed E-state index contributed by atoms with van der Waals surface area (Å²) in [5.74, 6) is -0.651. The second kappa shape index (κ2) is 6.59. The molecular weight excluding hydrogens is 342 g/mol.